The van der Waals surface area contributed by atoms with Crippen LogP contribution in [0, 0.1) is 12.1 Å². The van der Waals surface area contributed by atoms with Crippen LogP contribution in [-0.2, 0) is 5.41 Å². The Kier molecular flexibility index (Phi) is 8.32. The van der Waals surface area contributed by atoms with E-state index in [4.69, 9.17) is 0 Å². The Balaban J connectivity index is 0.827. The van der Waals surface area contributed by atoms with Gasteiger partial charge >= 0.3 is 0 Å². The molecule has 2 atom stereocenters. The Morgan fingerprint density at radius 1 is 0.420 bits per heavy atom. The van der Waals surface area contributed by atoms with Crippen LogP contribution in [0.4, 0.5) is 0 Å². The first-order chi connectivity index (χ1) is 34.1. The fourth-order valence-electron chi connectivity index (χ4n) is 12.1. The minimum absolute atomic E-state index is 0.182. The molecule has 2 heterocycles. The molecule has 0 nitrogen and oxygen atoms in total. The molecule has 2 heteroatoms. The SMILES string of the molecule is CC12C=C(c3cc#cc4c3sc3ccc(-c5ccc6c7ccccc7c7cc(-c8cccc(-c9cccc%10c9sc9ccccc9%10)c8)ccc7c6c5)cc34)C=CC1c1ccccc1-c1ccccc12. The molecule has 13 aromatic rings. The lowest BCUT2D eigenvalue weighted by Crippen LogP contribution is -2.33. The molecular formula is C67H40S2. The number of allylic oxidation sites excluding steroid dienone is 4. The van der Waals surface area contributed by atoms with Crippen LogP contribution in [-0.4, -0.2) is 0 Å². The zero-order valence-electron chi connectivity index (χ0n) is 37.7. The van der Waals surface area contributed by atoms with Crippen molar-refractivity contribution in [3.63, 3.8) is 0 Å². The van der Waals surface area contributed by atoms with Gasteiger partial charge in [0.25, 0.3) is 0 Å². The molecule has 0 saturated carbocycles. The van der Waals surface area contributed by atoms with Gasteiger partial charge in [0.05, 0.1) is 10.1 Å². The zero-order chi connectivity index (χ0) is 45.4. The molecule has 320 valence electrons. The van der Waals surface area contributed by atoms with Gasteiger partial charge in [0, 0.05) is 47.2 Å². The third-order valence-electron chi connectivity index (χ3n) is 15.4. The first-order valence-electron chi connectivity index (χ1n) is 23.8. The largest absolute Gasteiger partial charge is 0.135 e. The van der Waals surface area contributed by atoms with Gasteiger partial charge in [0.15, 0.2) is 0 Å². The molecule has 2 unspecified atom stereocenters. The van der Waals surface area contributed by atoms with Crippen LogP contribution in [0.25, 0.3) is 123 Å². The monoisotopic (exact) mass is 908 g/mol. The second kappa shape index (κ2) is 14.7. The highest BCUT2D eigenvalue weighted by atomic mass is 32.1. The summed E-state index contributed by atoms with van der Waals surface area (Å²) in [6.45, 7) is 2.42. The molecule has 0 aliphatic heterocycles. The Bertz CT molecular complexity index is 4400. The molecule has 2 aliphatic carbocycles. The van der Waals surface area contributed by atoms with E-state index in [1.807, 2.05) is 22.7 Å². The van der Waals surface area contributed by atoms with Crippen LogP contribution in [0.1, 0.15) is 29.5 Å². The van der Waals surface area contributed by atoms with Gasteiger partial charge in [-0.1, -0.05) is 195 Å². The Morgan fingerprint density at radius 2 is 1.00 bits per heavy atom. The van der Waals surface area contributed by atoms with E-state index in [2.05, 4.69) is 237 Å². The maximum absolute atomic E-state index is 3.58. The summed E-state index contributed by atoms with van der Waals surface area (Å²) in [5.74, 6) is 0.267. The fraction of sp³-hybridized carbons (Fsp3) is 0.0448. The van der Waals surface area contributed by atoms with E-state index in [1.54, 1.807) is 0 Å². The van der Waals surface area contributed by atoms with Gasteiger partial charge in [-0.2, -0.15) is 0 Å². The lowest BCUT2D eigenvalue weighted by atomic mass is 9.60. The second-order valence-corrected chi connectivity index (χ2v) is 21.2. The van der Waals surface area contributed by atoms with Crippen LogP contribution in [0.15, 0.2) is 218 Å². The van der Waals surface area contributed by atoms with Crippen LogP contribution in [0.3, 0.4) is 0 Å². The highest BCUT2D eigenvalue weighted by Gasteiger charge is 2.42. The molecule has 0 fully saturated rings. The van der Waals surface area contributed by atoms with E-state index in [1.165, 1.54) is 134 Å². The summed E-state index contributed by atoms with van der Waals surface area (Å²) in [6.07, 6.45) is 7.33. The first kappa shape index (κ1) is 39.0. The Hall–Kier alpha value is -8.06. The molecule has 0 bridgehead atoms. The van der Waals surface area contributed by atoms with E-state index in [9.17, 15) is 0 Å². The lowest BCUT2D eigenvalue weighted by molar-refractivity contribution is 0.521. The summed E-state index contributed by atoms with van der Waals surface area (Å²) in [5.41, 5.74) is 15.1. The number of hydrogen-bond donors (Lipinski definition) is 0. The number of rotatable bonds is 4. The average molecular weight is 909 g/mol. The van der Waals surface area contributed by atoms with Crippen LogP contribution in [0.5, 0.6) is 0 Å². The van der Waals surface area contributed by atoms with E-state index in [-0.39, 0.29) is 11.3 Å². The molecule has 0 saturated heterocycles. The van der Waals surface area contributed by atoms with Gasteiger partial charge in [-0.3, -0.25) is 0 Å². The van der Waals surface area contributed by atoms with Crippen molar-refractivity contribution in [1.29, 1.82) is 0 Å². The number of hydrogen-bond acceptors (Lipinski definition) is 2. The number of benzene rings is 10. The molecule has 0 spiro atoms. The quantitative estimate of drug-likeness (QED) is 0.154. The normalized spacial score (nSPS) is 16.3. The molecule has 0 amide bonds. The van der Waals surface area contributed by atoms with Gasteiger partial charge < -0.3 is 0 Å². The van der Waals surface area contributed by atoms with E-state index >= 15 is 0 Å². The van der Waals surface area contributed by atoms with E-state index < -0.39 is 0 Å². The van der Waals surface area contributed by atoms with Crippen molar-refractivity contribution in [1.82, 2.24) is 0 Å². The minimum Gasteiger partial charge on any atom is -0.135 e. The highest BCUT2D eigenvalue weighted by molar-refractivity contribution is 7.26. The van der Waals surface area contributed by atoms with Gasteiger partial charge in [-0.05, 0) is 136 Å². The molecule has 15 rings (SSSR count). The molecular weight excluding hydrogens is 869 g/mol. The van der Waals surface area contributed by atoms with Crippen molar-refractivity contribution in [2.75, 3.05) is 0 Å². The predicted molar refractivity (Wildman–Crippen MR) is 298 cm³/mol. The van der Waals surface area contributed by atoms with Crippen molar-refractivity contribution in [2.24, 2.45) is 0 Å². The predicted octanol–water partition coefficient (Wildman–Crippen LogP) is 19.2. The van der Waals surface area contributed by atoms with Crippen LogP contribution < -0.4 is 0 Å². The molecule has 69 heavy (non-hydrogen) atoms. The Morgan fingerprint density at radius 3 is 1.84 bits per heavy atom. The molecule has 0 radical (unpaired) electrons. The van der Waals surface area contributed by atoms with Gasteiger partial charge in [0.1, 0.15) is 0 Å². The van der Waals surface area contributed by atoms with Crippen molar-refractivity contribution < 1.29 is 0 Å². The maximum Gasteiger partial charge on any atom is 0.0524 e. The smallest absolute Gasteiger partial charge is 0.0524 e. The Labute approximate surface area is 408 Å². The topological polar surface area (TPSA) is 0 Å². The first-order valence-corrected chi connectivity index (χ1v) is 25.5. The standard InChI is InChI=1S/C67H40S2/c1-67-39-45(29-33-62(67)54-18-5-4-17-50(54)53-19-6-8-25-61(53)67)47-22-12-24-57-60-38-43(30-34-64(60)69-66(47)57)42-27-31-51-48-15-2-3-16-49(48)58-36-41(28-32-52(58)59(51)37-42)40-13-10-14-44(35-40)46-21-11-23-56-55-20-7-9-26-63(55)68-65(46)56/h2-11,13-23,25-39,62H,1H3. The fourth-order valence-corrected chi connectivity index (χ4v) is 14.5. The highest BCUT2D eigenvalue weighted by Crippen LogP contribution is 2.55. The third-order valence-corrected chi connectivity index (χ3v) is 17.8. The van der Waals surface area contributed by atoms with Crippen molar-refractivity contribution in [2.45, 2.75) is 18.3 Å². The molecule has 2 aliphatic rings. The van der Waals surface area contributed by atoms with Crippen molar-refractivity contribution in [3.8, 4) is 44.5 Å². The summed E-state index contributed by atoms with van der Waals surface area (Å²) in [7, 11) is 0. The van der Waals surface area contributed by atoms with Crippen molar-refractivity contribution in [3.05, 3.63) is 247 Å². The van der Waals surface area contributed by atoms with Gasteiger partial charge in [-0.15, -0.1) is 22.7 Å². The van der Waals surface area contributed by atoms with Crippen molar-refractivity contribution >= 4 is 101 Å². The zero-order valence-corrected chi connectivity index (χ0v) is 39.3. The van der Waals surface area contributed by atoms with Crippen LogP contribution >= 0.6 is 22.7 Å². The maximum atomic E-state index is 3.58. The van der Waals surface area contributed by atoms with Crippen LogP contribution in [0.2, 0.25) is 0 Å². The second-order valence-electron chi connectivity index (χ2n) is 19.1. The van der Waals surface area contributed by atoms with E-state index in [0.29, 0.717) is 0 Å². The summed E-state index contributed by atoms with van der Waals surface area (Å²) < 4.78 is 5.20. The minimum atomic E-state index is -0.182. The molecule has 0 N–H and O–H groups in total. The van der Waals surface area contributed by atoms with Gasteiger partial charge in [-0.25, -0.2) is 0 Å². The average Bonchev–Trinajstić information content (AvgIpc) is 3.99. The number of fused-ring (bicyclic) bond motifs is 18. The van der Waals surface area contributed by atoms with E-state index in [0.717, 1.165) is 5.39 Å². The summed E-state index contributed by atoms with van der Waals surface area (Å²) in [4.78, 5) is 0. The summed E-state index contributed by atoms with van der Waals surface area (Å²) in [5, 5.41) is 12.7. The summed E-state index contributed by atoms with van der Waals surface area (Å²) >= 11 is 3.76. The lowest BCUT2D eigenvalue weighted by Gasteiger charge is -2.43. The molecule has 2 aromatic heterocycles. The van der Waals surface area contributed by atoms with Gasteiger partial charge in [0.2, 0.25) is 0 Å². The third kappa shape index (κ3) is 5.76. The summed E-state index contributed by atoms with van der Waals surface area (Å²) in [6, 6.07) is 81.8. The molecule has 11 aromatic carbocycles. The number of thiophene rings is 2.